The number of esters is 2. The Morgan fingerprint density at radius 2 is 1.50 bits per heavy atom. The molecule has 3 aliphatic rings. The lowest BCUT2D eigenvalue weighted by Gasteiger charge is -2.13. The average molecular weight is 472 g/mol. The van der Waals surface area contributed by atoms with Gasteiger partial charge in [-0.2, -0.15) is 0 Å². The van der Waals surface area contributed by atoms with Gasteiger partial charge in [-0.15, -0.1) is 0 Å². The maximum atomic E-state index is 12.6. The number of hydrogen-bond acceptors (Lipinski definition) is 8. The van der Waals surface area contributed by atoms with E-state index in [0.29, 0.717) is 23.3 Å². The zero-order chi connectivity index (χ0) is 24.5. The molecule has 0 aromatic rings. The molecule has 1 amide bonds. The van der Waals surface area contributed by atoms with Crippen LogP contribution in [0, 0.1) is 0 Å². The smallest absolute Gasteiger partial charge is 0.340 e. The van der Waals surface area contributed by atoms with E-state index >= 15 is 0 Å². The number of hydrogen-bond donors (Lipinski definition) is 2. The number of anilines is 1. The highest BCUT2D eigenvalue weighted by Crippen LogP contribution is 2.39. The third kappa shape index (κ3) is 6.24. The SMILES string of the molecule is CCOC(=O)c1c2ccc(CC(=O)NOCCCN3CCCC3)ccc-2c(C(=O)OCC)c1N. The van der Waals surface area contributed by atoms with Crippen molar-refractivity contribution in [3.63, 3.8) is 0 Å². The number of nitrogens with one attached hydrogen (secondary N) is 1. The Morgan fingerprint density at radius 3 is 2.03 bits per heavy atom. The number of nitrogens with zero attached hydrogens (tertiary/aromatic N) is 1. The summed E-state index contributed by atoms with van der Waals surface area (Å²) < 4.78 is 10.3. The van der Waals surface area contributed by atoms with Crippen LogP contribution in [0.2, 0.25) is 0 Å². The van der Waals surface area contributed by atoms with Gasteiger partial charge in [0.15, 0.2) is 0 Å². The van der Waals surface area contributed by atoms with Crippen LogP contribution in [0.5, 0.6) is 0 Å². The van der Waals surface area contributed by atoms with E-state index in [4.69, 9.17) is 20.0 Å². The number of ether oxygens (including phenoxy) is 2. The molecule has 2 aliphatic carbocycles. The molecule has 1 heterocycles. The van der Waals surface area contributed by atoms with Crippen LogP contribution in [-0.2, 0) is 25.5 Å². The Morgan fingerprint density at radius 1 is 0.941 bits per heavy atom. The molecule has 1 fully saturated rings. The average Bonchev–Trinajstić information content (AvgIpc) is 3.36. The molecule has 0 bridgehead atoms. The van der Waals surface area contributed by atoms with Crippen LogP contribution in [-0.4, -0.2) is 62.2 Å². The molecule has 0 atom stereocenters. The van der Waals surface area contributed by atoms with Crippen molar-refractivity contribution in [2.75, 3.05) is 45.2 Å². The minimum absolute atomic E-state index is 0.0275. The third-order valence-corrected chi connectivity index (χ3v) is 5.72. The molecule has 9 heteroatoms. The molecular weight excluding hydrogens is 438 g/mol. The van der Waals surface area contributed by atoms with Crippen molar-refractivity contribution in [3.05, 3.63) is 41.0 Å². The summed E-state index contributed by atoms with van der Waals surface area (Å²) in [6.07, 6.45) is 3.42. The highest BCUT2D eigenvalue weighted by Gasteiger charge is 2.30. The van der Waals surface area contributed by atoms with E-state index in [1.165, 1.54) is 12.8 Å². The van der Waals surface area contributed by atoms with Crippen LogP contribution in [0.3, 0.4) is 0 Å². The van der Waals surface area contributed by atoms with Crippen LogP contribution in [0.4, 0.5) is 5.69 Å². The summed E-state index contributed by atoms with van der Waals surface area (Å²) in [6.45, 7) is 7.40. The van der Waals surface area contributed by atoms with E-state index in [-0.39, 0.29) is 42.4 Å². The van der Waals surface area contributed by atoms with Crippen molar-refractivity contribution in [2.45, 2.75) is 39.5 Å². The molecule has 184 valence electrons. The Hall–Kier alpha value is -3.17. The molecule has 34 heavy (non-hydrogen) atoms. The fourth-order valence-electron chi connectivity index (χ4n) is 4.15. The van der Waals surface area contributed by atoms with Gasteiger partial charge in [0.25, 0.3) is 0 Å². The highest BCUT2D eigenvalue weighted by molar-refractivity contribution is 6.15. The van der Waals surface area contributed by atoms with Crippen LogP contribution in [0.15, 0.2) is 24.3 Å². The van der Waals surface area contributed by atoms with Gasteiger partial charge >= 0.3 is 11.9 Å². The zero-order valence-corrected chi connectivity index (χ0v) is 19.9. The molecule has 1 aliphatic heterocycles. The summed E-state index contributed by atoms with van der Waals surface area (Å²) in [5.74, 6) is -1.52. The van der Waals surface area contributed by atoms with Gasteiger partial charge in [0.1, 0.15) is 0 Å². The minimum atomic E-state index is -0.617. The van der Waals surface area contributed by atoms with Crippen LogP contribution in [0.1, 0.15) is 59.4 Å². The van der Waals surface area contributed by atoms with Crippen molar-refractivity contribution < 1.29 is 28.7 Å². The number of nitrogen functional groups attached to an aromatic ring is 1. The molecule has 3 rings (SSSR count). The molecule has 0 aromatic heterocycles. The van der Waals surface area contributed by atoms with Gasteiger partial charge in [-0.3, -0.25) is 9.63 Å². The first-order chi connectivity index (χ1) is 16.5. The van der Waals surface area contributed by atoms with Crippen molar-refractivity contribution in [2.24, 2.45) is 0 Å². The second kappa shape index (κ2) is 12.3. The normalized spacial score (nSPS) is 13.7. The Labute approximate surface area is 199 Å². The highest BCUT2D eigenvalue weighted by atomic mass is 16.6. The Balaban J connectivity index is 1.70. The van der Waals surface area contributed by atoms with Gasteiger partial charge in [0.05, 0.1) is 43.1 Å². The summed E-state index contributed by atoms with van der Waals surface area (Å²) in [7, 11) is 0. The van der Waals surface area contributed by atoms with Gasteiger partial charge in [-0.05, 0) is 62.9 Å². The maximum Gasteiger partial charge on any atom is 0.340 e. The summed E-state index contributed by atoms with van der Waals surface area (Å²) in [4.78, 5) is 45.1. The lowest BCUT2D eigenvalue weighted by atomic mass is 10.1. The molecular formula is C25H33N3O6. The van der Waals surface area contributed by atoms with E-state index in [1.54, 1.807) is 38.1 Å². The molecule has 0 unspecified atom stereocenters. The third-order valence-electron chi connectivity index (χ3n) is 5.72. The Kier molecular flexibility index (Phi) is 9.24. The number of amides is 1. The molecule has 0 aromatic carbocycles. The van der Waals surface area contributed by atoms with Crippen molar-refractivity contribution in [3.8, 4) is 11.1 Å². The monoisotopic (exact) mass is 471 g/mol. The van der Waals surface area contributed by atoms with Gasteiger partial charge in [0.2, 0.25) is 5.91 Å². The molecule has 9 nitrogen and oxygen atoms in total. The number of likely N-dealkylation sites (tertiary alicyclic amines) is 1. The van der Waals surface area contributed by atoms with Crippen molar-refractivity contribution in [1.29, 1.82) is 0 Å². The number of carbonyl (C=O) groups is 3. The summed E-state index contributed by atoms with van der Waals surface area (Å²) in [5, 5.41) is 0. The van der Waals surface area contributed by atoms with E-state index in [9.17, 15) is 14.4 Å². The quantitative estimate of drug-likeness (QED) is 0.292. The lowest BCUT2D eigenvalue weighted by molar-refractivity contribution is -0.133. The number of nitrogens with two attached hydrogens (primary N) is 1. The molecule has 3 N–H and O–H groups in total. The van der Waals surface area contributed by atoms with Crippen LogP contribution >= 0.6 is 0 Å². The van der Waals surface area contributed by atoms with Crippen molar-refractivity contribution in [1.82, 2.24) is 10.4 Å². The standard InChI is InChI=1S/C25H33N3O6/c1-3-32-24(30)21-18-10-8-17(9-11-19(18)22(23(21)26)25(31)33-4-2)16-20(29)27-34-15-7-14-28-12-5-6-13-28/h8-11H,3-7,12-16,26H2,1-2H3,(H,27,29). The summed E-state index contributed by atoms with van der Waals surface area (Å²) in [5.41, 5.74) is 10.5. The zero-order valence-electron chi connectivity index (χ0n) is 19.9. The van der Waals surface area contributed by atoms with Gasteiger partial charge < -0.3 is 20.1 Å². The molecule has 0 radical (unpaired) electrons. The Bertz CT molecular complexity index is 931. The van der Waals surface area contributed by atoms with Crippen LogP contribution < -0.4 is 11.2 Å². The first-order valence-corrected chi connectivity index (χ1v) is 11.8. The number of fused-ring (bicyclic) bond motifs is 1. The predicted molar refractivity (Wildman–Crippen MR) is 127 cm³/mol. The fourth-order valence-corrected chi connectivity index (χ4v) is 4.15. The first-order valence-electron chi connectivity index (χ1n) is 11.8. The van der Waals surface area contributed by atoms with E-state index < -0.39 is 11.9 Å². The van der Waals surface area contributed by atoms with Crippen LogP contribution in [0.25, 0.3) is 11.1 Å². The molecule has 1 saturated heterocycles. The second-order valence-corrected chi connectivity index (χ2v) is 8.13. The van der Waals surface area contributed by atoms with Gasteiger partial charge in [-0.1, -0.05) is 24.3 Å². The fraction of sp³-hybridized carbons (Fsp3) is 0.480. The number of rotatable bonds is 11. The predicted octanol–water partition coefficient (Wildman–Crippen LogP) is 2.80. The molecule has 0 spiro atoms. The molecule has 0 saturated carbocycles. The van der Waals surface area contributed by atoms with Gasteiger partial charge in [0, 0.05) is 6.54 Å². The second-order valence-electron chi connectivity index (χ2n) is 8.13. The van der Waals surface area contributed by atoms with E-state index in [2.05, 4.69) is 10.4 Å². The number of carbonyl (C=O) groups excluding carboxylic acids is 3. The first kappa shape index (κ1) is 25.5. The number of hydroxylamine groups is 1. The van der Waals surface area contributed by atoms with Crippen molar-refractivity contribution >= 4 is 23.5 Å². The van der Waals surface area contributed by atoms with Gasteiger partial charge in [-0.25, -0.2) is 15.1 Å². The minimum Gasteiger partial charge on any atom is -0.462 e. The topological polar surface area (TPSA) is 120 Å². The summed E-state index contributed by atoms with van der Waals surface area (Å²) >= 11 is 0. The lowest BCUT2D eigenvalue weighted by Crippen LogP contribution is -2.27. The largest absolute Gasteiger partial charge is 0.462 e. The van der Waals surface area contributed by atoms with E-state index in [0.717, 1.165) is 26.1 Å². The maximum absolute atomic E-state index is 12.6. The summed E-state index contributed by atoms with van der Waals surface area (Å²) in [6, 6.07) is 6.76. The van der Waals surface area contributed by atoms with E-state index in [1.807, 2.05) is 0 Å².